The van der Waals surface area contributed by atoms with Crippen molar-refractivity contribution >= 4 is 0 Å². The Morgan fingerprint density at radius 2 is 1.80 bits per heavy atom. The highest BCUT2D eigenvalue weighted by Gasteiger charge is 2.15. The van der Waals surface area contributed by atoms with Crippen LogP contribution in [0, 0.1) is 5.92 Å². The fourth-order valence-electron chi connectivity index (χ4n) is 2.52. The summed E-state index contributed by atoms with van der Waals surface area (Å²) in [4.78, 5) is 4.14. The summed E-state index contributed by atoms with van der Waals surface area (Å²) in [5.74, 6) is 0.237. The monoisotopic (exact) mass is 272 g/mol. The van der Waals surface area contributed by atoms with Crippen LogP contribution in [0.2, 0.25) is 0 Å². The van der Waals surface area contributed by atoms with E-state index >= 15 is 0 Å². The van der Waals surface area contributed by atoms with Gasteiger partial charge in [-0.05, 0) is 23.5 Å². The first-order chi connectivity index (χ1) is 9.63. The minimum atomic E-state index is -0.387. The van der Waals surface area contributed by atoms with Crippen molar-refractivity contribution in [1.29, 1.82) is 0 Å². The SMILES string of the molecule is CCCC(c1ccc(C(O)C(C)C)cc1)n1ccnc1. The maximum Gasteiger partial charge on any atom is 0.0951 e. The molecule has 0 saturated heterocycles. The second-order valence-electron chi connectivity index (χ2n) is 5.67. The number of hydrogen-bond donors (Lipinski definition) is 1. The highest BCUT2D eigenvalue weighted by molar-refractivity contribution is 5.27. The zero-order chi connectivity index (χ0) is 14.5. The minimum absolute atomic E-state index is 0.237. The van der Waals surface area contributed by atoms with E-state index in [9.17, 15) is 5.11 Å². The molecule has 20 heavy (non-hydrogen) atoms. The second-order valence-corrected chi connectivity index (χ2v) is 5.67. The first-order valence-electron chi connectivity index (χ1n) is 7.38. The van der Waals surface area contributed by atoms with Gasteiger partial charge in [-0.2, -0.15) is 0 Å². The molecular formula is C17H24N2O. The van der Waals surface area contributed by atoms with Gasteiger partial charge in [0.2, 0.25) is 0 Å². The number of hydrogen-bond acceptors (Lipinski definition) is 2. The zero-order valence-electron chi connectivity index (χ0n) is 12.5. The normalized spacial score (nSPS) is 14.4. The van der Waals surface area contributed by atoms with E-state index in [1.54, 1.807) is 0 Å². The van der Waals surface area contributed by atoms with Gasteiger partial charge in [0.25, 0.3) is 0 Å². The summed E-state index contributed by atoms with van der Waals surface area (Å²) in [5, 5.41) is 10.1. The molecule has 1 aromatic heterocycles. The number of rotatable bonds is 6. The molecule has 0 spiro atoms. The van der Waals surface area contributed by atoms with E-state index in [1.807, 2.05) is 44.7 Å². The number of nitrogens with zero attached hydrogens (tertiary/aromatic N) is 2. The summed E-state index contributed by atoms with van der Waals surface area (Å²) in [5.41, 5.74) is 2.26. The van der Waals surface area contributed by atoms with Gasteiger partial charge in [0.15, 0.2) is 0 Å². The quantitative estimate of drug-likeness (QED) is 0.864. The maximum absolute atomic E-state index is 10.1. The van der Waals surface area contributed by atoms with Gasteiger partial charge in [-0.1, -0.05) is 51.5 Å². The van der Waals surface area contributed by atoms with Crippen LogP contribution in [0.25, 0.3) is 0 Å². The molecule has 1 aromatic carbocycles. The first-order valence-corrected chi connectivity index (χ1v) is 7.38. The zero-order valence-corrected chi connectivity index (χ0v) is 12.5. The lowest BCUT2D eigenvalue weighted by atomic mass is 9.95. The number of imidazole rings is 1. The maximum atomic E-state index is 10.1. The third kappa shape index (κ3) is 3.28. The van der Waals surface area contributed by atoms with Crippen LogP contribution in [0.15, 0.2) is 43.0 Å². The van der Waals surface area contributed by atoms with E-state index in [2.05, 4.69) is 28.6 Å². The van der Waals surface area contributed by atoms with Gasteiger partial charge in [-0.25, -0.2) is 4.98 Å². The summed E-state index contributed by atoms with van der Waals surface area (Å²) in [6, 6.07) is 8.66. The van der Waals surface area contributed by atoms with Crippen molar-refractivity contribution in [3.05, 3.63) is 54.1 Å². The molecule has 1 heterocycles. The van der Waals surface area contributed by atoms with Crippen molar-refractivity contribution in [2.24, 2.45) is 5.92 Å². The van der Waals surface area contributed by atoms with Gasteiger partial charge in [0.05, 0.1) is 18.5 Å². The Morgan fingerprint density at radius 1 is 1.15 bits per heavy atom. The van der Waals surface area contributed by atoms with E-state index in [1.165, 1.54) is 5.56 Å². The third-order valence-corrected chi connectivity index (χ3v) is 3.74. The highest BCUT2D eigenvalue weighted by Crippen LogP contribution is 2.27. The summed E-state index contributed by atoms with van der Waals surface area (Å²) < 4.78 is 2.15. The van der Waals surface area contributed by atoms with Gasteiger partial charge >= 0.3 is 0 Å². The Morgan fingerprint density at radius 3 is 2.30 bits per heavy atom. The van der Waals surface area contributed by atoms with E-state index in [4.69, 9.17) is 0 Å². The molecule has 0 aliphatic carbocycles. The van der Waals surface area contributed by atoms with Crippen LogP contribution in [-0.2, 0) is 0 Å². The molecule has 1 N–H and O–H groups in total. The fraction of sp³-hybridized carbons (Fsp3) is 0.471. The molecule has 3 heteroatoms. The van der Waals surface area contributed by atoms with Gasteiger partial charge in [-0.3, -0.25) is 0 Å². The topological polar surface area (TPSA) is 38.0 Å². The molecule has 0 bridgehead atoms. The first kappa shape index (κ1) is 14.8. The Labute approximate surface area is 121 Å². The van der Waals surface area contributed by atoms with E-state index in [0.717, 1.165) is 18.4 Å². The molecule has 0 saturated carbocycles. The molecule has 108 valence electrons. The van der Waals surface area contributed by atoms with Crippen LogP contribution in [0.3, 0.4) is 0 Å². The van der Waals surface area contributed by atoms with Crippen molar-refractivity contribution in [3.63, 3.8) is 0 Å². The summed E-state index contributed by atoms with van der Waals surface area (Å²) in [7, 11) is 0. The molecule has 3 nitrogen and oxygen atoms in total. The molecule has 0 aliphatic rings. The molecule has 0 fully saturated rings. The number of benzene rings is 1. The van der Waals surface area contributed by atoms with Crippen molar-refractivity contribution in [3.8, 4) is 0 Å². The van der Waals surface area contributed by atoms with E-state index in [-0.39, 0.29) is 12.0 Å². The summed E-state index contributed by atoms with van der Waals surface area (Å²) in [6.07, 6.45) is 7.53. The summed E-state index contributed by atoms with van der Waals surface area (Å²) in [6.45, 7) is 6.26. The molecule has 2 unspecified atom stereocenters. The Bertz CT molecular complexity index is 502. The van der Waals surface area contributed by atoms with Gasteiger partial charge < -0.3 is 9.67 Å². The molecule has 0 radical (unpaired) electrons. The van der Waals surface area contributed by atoms with Crippen LogP contribution in [-0.4, -0.2) is 14.7 Å². The Balaban J connectivity index is 2.22. The van der Waals surface area contributed by atoms with Crippen LogP contribution >= 0.6 is 0 Å². The molecule has 2 atom stereocenters. The number of aliphatic hydroxyl groups is 1. The number of aromatic nitrogens is 2. The summed E-state index contributed by atoms with van der Waals surface area (Å²) >= 11 is 0. The lowest BCUT2D eigenvalue weighted by molar-refractivity contribution is 0.127. The van der Waals surface area contributed by atoms with Crippen molar-refractivity contribution < 1.29 is 5.11 Å². The van der Waals surface area contributed by atoms with Gasteiger partial charge in [0, 0.05) is 12.4 Å². The molecule has 0 amide bonds. The van der Waals surface area contributed by atoms with Gasteiger partial charge in [0.1, 0.15) is 0 Å². The van der Waals surface area contributed by atoms with E-state index < -0.39 is 0 Å². The Kier molecular flexibility index (Phi) is 4.96. The minimum Gasteiger partial charge on any atom is -0.388 e. The smallest absolute Gasteiger partial charge is 0.0951 e. The van der Waals surface area contributed by atoms with Crippen molar-refractivity contribution in [2.45, 2.75) is 45.8 Å². The van der Waals surface area contributed by atoms with E-state index in [0.29, 0.717) is 6.04 Å². The average molecular weight is 272 g/mol. The second kappa shape index (κ2) is 6.71. The Hall–Kier alpha value is -1.61. The standard InChI is InChI=1S/C17H24N2O/c1-4-5-16(19-11-10-18-12-19)14-6-8-15(9-7-14)17(20)13(2)3/h6-13,16-17,20H,4-5H2,1-3H3. The van der Waals surface area contributed by atoms with Gasteiger partial charge in [-0.15, -0.1) is 0 Å². The molecular weight excluding hydrogens is 248 g/mol. The van der Waals surface area contributed by atoms with Crippen LogP contribution in [0.5, 0.6) is 0 Å². The average Bonchev–Trinajstić information content (AvgIpc) is 2.98. The highest BCUT2D eigenvalue weighted by atomic mass is 16.3. The lowest BCUT2D eigenvalue weighted by Gasteiger charge is -2.20. The fourth-order valence-corrected chi connectivity index (χ4v) is 2.52. The van der Waals surface area contributed by atoms with Crippen LogP contribution < -0.4 is 0 Å². The molecule has 2 aromatic rings. The predicted molar refractivity (Wildman–Crippen MR) is 81.5 cm³/mol. The molecule has 2 rings (SSSR count). The number of aliphatic hydroxyl groups excluding tert-OH is 1. The predicted octanol–water partition coefficient (Wildman–Crippen LogP) is 3.96. The van der Waals surface area contributed by atoms with Crippen molar-refractivity contribution in [2.75, 3.05) is 0 Å². The molecule has 0 aliphatic heterocycles. The third-order valence-electron chi connectivity index (χ3n) is 3.74. The van der Waals surface area contributed by atoms with Crippen LogP contribution in [0.4, 0.5) is 0 Å². The van der Waals surface area contributed by atoms with Crippen LogP contribution in [0.1, 0.15) is 56.9 Å². The lowest BCUT2D eigenvalue weighted by Crippen LogP contribution is -2.10. The largest absolute Gasteiger partial charge is 0.388 e. The van der Waals surface area contributed by atoms with Crippen molar-refractivity contribution in [1.82, 2.24) is 9.55 Å².